The molecular formula is C15H19F2N. The predicted octanol–water partition coefficient (Wildman–Crippen LogP) is 4.29. The van der Waals surface area contributed by atoms with Crippen LogP contribution in [0.15, 0.2) is 72.4 Å². The first-order valence-electron chi connectivity index (χ1n) is 5.59. The van der Waals surface area contributed by atoms with Crippen molar-refractivity contribution in [3.63, 3.8) is 0 Å². The first-order chi connectivity index (χ1) is 8.56. The maximum absolute atomic E-state index is 13.7. The second-order valence-corrected chi connectivity index (χ2v) is 3.60. The highest BCUT2D eigenvalue weighted by Gasteiger charge is 2.07. The molecule has 0 saturated heterocycles. The average molecular weight is 251 g/mol. The molecule has 2 N–H and O–H groups in total. The summed E-state index contributed by atoms with van der Waals surface area (Å²) in [6.45, 7) is 8.87. The minimum absolute atomic E-state index is 0.0419. The molecule has 0 aliphatic rings. The molecule has 0 spiro atoms. The molecule has 0 unspecified atom stereocenters. The molecule has 0 aromatic heterocycles. The highest BCUT2D eigenvalue weighted by molar-refractivity contribution is 5.36. The number of hydrogen-bond acceptors (Lipinski definition) is 1. The smallest absolute Gasteiger partial charge is 0.162 e. The van der Waals surface area contributed by atoms with Gasteiger partial charge in [-0.2, -0.15) is 0 Å². The van der Waals surface area contributed by atoms with E-state index in [2.05, 4.69) is 13.2 Å². The monoisotopic (exact) mass is 251 g/mol. The van der Waals surface area contributed by atoms with Crippen molar-refractivity contribution >= 4 is 0 Å². The zero-order valence-electron chi connectivity index (χ0n) is 10.6. The molecule has 0 aliphatic heterocycles. The molecule has 0 fully saturated rings. The van der Waals surface area contributed by atoms with E-state index in [4.69, 9.17) is 5.73 Å². The molecule has 1 nitrogen and oxygen atoms in total. The van der Waals surface area contributed by atoms with Gasteiger partial charge in [0.25, 0.3) is 0 Å². The van der Waals surface area contributed by atoms with E-state index in [0.717, 1.165) is 11.6 Å². The zero-order valence-corrected chi connectivity index (χ0v) is 10.6. The summed E-state index contributed by atoms with van der Waals surface area (Å²) >= 11 is 0. The molecule has 0 rings (SSSR count). The van der Waals surface area contributed by atoms with Gasteiger partial charge in [0, 0.05) is 6.54 Å². The number of halogens is 2. The van der Waals surface area contributed by atoms with Crippen LogP contribution in [0.3, 0.4) is 0 Å². The molecule has 0 aliphatic carbocycles. The minimum Gasteiger partial charge on any atom is -0.327 e. The Morgan fingerprint density at radius 3 is 2.39 bits per heavy atom. The summed E-state index contributed by atoms with van der Waals surface area (Å²) in [4.78, 5) is 0. The van der Waals surface area contributed by atoms with Crippen molar-refractivity contribution in [3.05, 3.63) is 72.4 Å². The van der Waals surface area contributed by atoms with Crippen LogP contribution >= 0.6 is 0 Å². The maximum atomic E-state index is 13.7. The number of rotatable bonds is 7. The lowest BCUT2D eigenvalue weighted by Gasteiger charge is -2.01. The average Bonchev–Trinajstić information content (AvgIpc) is 2.34. The van der Waals surface area contributed by atoms with Gasteiger partial charge >= 0.3 is 0 Å². The summed E-state index contributed by atoms with van der Waals surface area (Å²) in [5, 5.41) is 0. The van der Waals surface area contributed by atoms with Crippen LogP contribution in [0.1, 0.15) is 13.3 Å². The van der Waals surface area contributed by atoms with E-state index in [0.29, 0.717) is 0 Å². The molecule has 98 valence electrons. The van der Waals surface area contributed by atoms with E-state index < -0.39 is 11.7 Å². The lowest BCUT2D eigenvalue weighted by molar-refractivity contribution is 0.536. The molecule has 0 aromatic rings. The van der Waals surface area contributed by atoms with Gasteiger partial charge in [-0.05, 0) is 25.0 Å². The Kier molecular flexibility index (Phi) is 8.41. The van der Waals surface area contributed by atoms with E-state index in [1.54, 1.807) is 18.2 Å². The molecule has 0 radical (unpaired) electrons. The Morgan fingerprint density at radius 1 is 1.22 bits per heavy atom. The molecule has 0 saturated carbocycles. The fraction of sp³-hybridized carbons (Fsp3) is 0.200. The van der Waals surface area contributed by atoms with Crippen molar-refractivity contribution < 1.29 is 8.78 Å². The fourth-order valence-corrected chi connectivity index (χ4v) is 1.21. The van der Waals surface area contributed by atoms with Crippen LogP contribution in [0.4, 0.5) is 8.78 Å². The number of allylic oxidation sites excluding steroid dienone is 9. The van der Waals surface area contributed by atoms with Gasteiger partial charge in [-0.25, -0.2) is 8.78 Å². The first-order valence-corrected chi connectivity index (χ1v) is 5.59. The summed E-state index contributed by atoms with van der Waals surface area (Å²) in [6.07, 6.45) is 9.37. The van der Waals surface area contributed by atoms with Crippen molar-refractivity contribution in [1.82, 2.24) is 0 Å². The van der Waals surface area contributed by atoms with Crippen LogP contribution in [0, 0.1) is 0 Å². The molecule has 3 heteroatoms. The Labute approximate surface area is 107 Å². The summed E-state index contributed by atoms with van der Waals surface area (Å²) in [5.41, 5.74) is 6.26. The van der Waals surface area contributed by atoms with Gasteiger partial charge in [0.05, 0.1) is 0 Å². The lowest BCUT2D eigenvalue weighted by Crippen LogP contribution is -1.95. The molecule has 0 atom stereocenters. The predicted molar refractivity (Wildman–Crippen MR) is 74.3 cm³/mol. The van der Waals surface area contributed by atoms with Gasteiger partial charge in [-0.1, -0.05) is 42.5 Å². The van der Waals surface area contributed by atoms with Gasteiger partial charge in [-0.15, -0.1) is 6.58 Å². The van der Waals surface area contributed by atoms with Gasteiger partial charge in [0.15, 0.2) is 11.7 Å². The van der Waals surface area contributed by atoms with E-state index in [9.17, 15) is 8.78 Å². The van der Waals surface area contributed by atoms with Crippen molar-refractivity contribution in [3.8, 4) is 0 Å². The Bertz CT molecular complexity index is 412. The number of hydrogen-bond donors (Lipinski definition) is 1. The second-order valence-electron chi connectivity index (χ2n) is 3.60. The van der Waals surface area contributed by atoms with Crippen LogP contribution < -0.4 is 5.73 Å². The fourth-order valence-electron chi connectivity index (χ4n) is 1.21. The summed E-state index contributed by atoms with van der Waals surface area (Å²) in [5.74, 6) is -1.84. The van der Waals surface area contributed by atoms with Gasteiger partial charge in [-0.3, -0.25) is 0 Å². The van der Waals surface area contributed by atoms with Crippen molar-refractivity contribution in [2.75, 3.05) is 6.54 Å². The Hall–Kier alpha value is -1.74. The third kappa shape index (κ3) is 6.11. The number of nitrogens with two attached hydrogens (primary N) is 1. The van der Waals surface area contributed by atoms with E-state index in [-0.39, 0.29) is 18.5 Å². The third-order valence-electron chi connectivity index (χ3n) is 2.08. The molecule has 0 amide bonds. The summed E-state index contributed by atoms with van der Waals surface area (Å²) in [6, 6.07) is 0. The third-order valence-corrected chi connectivity index (χ3v) is 2.08. The lowest BCUT2D eigenvalue weighted by atomic mass is 10.1. The van der Waals surface area contributed by atoms with E-state index in [1.807, 2.05) is 6.92 Å². The van der Waals surface area contributed by atoms with Crippen LogP contribution in [-0.4, -0.2) is 6.54 Å². The summed E-state index contributed by atoms with van der Waals surface area (Å²) < 4.78 is 27.0. The van der Waals surface area contributed by atoms with Crippen LogP contribution in [0.2, 0.25) is 0 Å². The van der Waals surface area contributed by atoms with Crippen molar-refractivity contribution in [1.29, 1.82) is 0 Å². The molecule has 0 bridgehead atoms. The van der Waals surface area contributed by atoms with Gasteiger partial charge < -0.3 is 5.73 Å². The quantitative estimate of drug-likeness (QED) is 0.530. The SMILES string of the molecule is C=C\C=C(C)/C=C\C(CC=C)=C(F)\C(F)=C/CN. The Morgan fingerprint density at radius 2 is 1.89 bits per heavy atom. The molecule has 18 heavy (non-hydrogen) atoms. The largest absolute Gasteiger partial charge is 0.327 e. The standard InChI is InChI=1S/C15H19F2N/c1-4-6-12(3)8-9-13(7-5-2)15(17)14(16)10-11-18/h4-6,8-10H,1-2,7,11,18H2,3H3/b9-8-,12-6-,14-10+,15-13-. The van der Waals surface area contributed by atoms with E-state index in [1.165, 1.54) is 12.2 Å². The first kappa shape index (κ1) is 16.3. The van der Waals surface area contributed by atoms with Gasteiger partial charge in [0.2, 0.25) is 0 Å². The topological polar surface area (TPSA) is 26.0 Å². The molecular weight excluding hydrogens is 232 g/mol. The van der Waals surface area contributed by atoms with Crippen LogP contribution in [0.25, 0.3) is 0 Å². The van der Waals surface area contributed by atoms with Crippen LogP contribution in [-0.2, 0) is 0 Å². The van der Waals surface area contributed by atoms with Crippen LogP contribution in [0.5, 0.6) is 0 Å². The Balaban J connectivity index is 5.24. The molecule has 0 heterocycles. The van der Waals surface area contributed by atoms with Crippen molar-refractivity contribution in [2.45, 2.75) is 13.3 Å². The zero-order chi connectivity index (χ0) is 14.0. The maximum Gasteiger partial charge on any atom is 0.162 e. The van der Waals surface area contributed by atoms with Gasteiger partial charge in [0.1, 0.15) is 0 Å². The van der Waals surface area contributed by atoms with Crippen molar-refractivity contribution in [2.24, 2.45) is 5.73 Å². The summed E-state index contributed by atoms with van der Waals surface area (Å²) in [7, 11) is 0. The normalized spacial score (nSPS) is 14.7. The highest BCUT2D eigenvalue weighted by Crippen LogP contribution is 2.21. The molecule has 0 aromatic carbocycles. The second kappa shape index (κ2) is 9.31. The minimum atomic E-state index is -0.940. The highest BCUT2D eigenvalue weighted by atomic mass is 19.2. The van der Waals surface area contributed by atoms with E-state index >= 15 is 0 Å².